The number of nitriles is 1. The Kier molecular flexibility index (Phi) is 9.82. The Bertz CT molecular complexity index is 1670. The number of hydrogen-bond acceptors (Lipinski definition) is 10. The van der Waals surface area contributed by atoms with Crippen molar-refractivity contribution in [2.75, 3.05) is 49.6 Å². The van der Waals surface area contributed by atoms with Crippen molar-refractivity contribution in [3.63, 3.8) is 0 Å². The van der Waals surface area contributed by atoms with Gasteiger partial charge in [-0.25, -0.2) is 9.97 Å². The number of rotatable bonds is 13. The molecule has 0 bridgehead atoms. The predicted molar refractivity (Wildman–Crippen MR) is 191 cm³/mol. The van der Waals surface area contributed by atoms with Gasteiger partial charge in [0.05, 0.1) is 42.0 Å². The molecule has 3 aliphatic rings. The van der Waals surface area contributed by atoms with E-state index in [9.17, 15) is 10.1 Å². The van der Waals surface area contributed by atoms with Gasteiger partial charge in [-0.15, -0.1) is 0 Å². The molecule has 2 fully saturated rings. The van der Waals surface area contributed by atoms with Gasteiger partial charge in [0.25, 0.3) is 0 Å². The third-order valence-electron chi connectivity index (χ3n) is 10.6. The van der Waals surface area contributed by atoms with Crippen LogP contribution in [0.2, 0.25) is 18.1 Å². The summed E-state index contributed by atoms with van der Waals surface area (Å²) in [6.07, 6.45) is 8.19. The third kappa shape index (κ3) is 7.37. The summed E-state index contributed by atoms with van der Waals surface area (Å²) in [5.74, 6) is 1.28. The first-order valence-corrected chi connectivity index (χ1v) is 20.0. The van der Waals surface area contributed by atoms with Crippen molar-refractivity contribution >= 4 is 39.2 Å². The molecule has 1 saturated heterocycles. The molecule has 6 rings (SSSR count). The standard InChI is InChI=1S/C35H48BN8O3Si/c1-34(2,3)48(5,6)47-23-35(4)22-43(36-24-45)32-27(19-37)17-26(18-28(32)35)29-9-11-38-33(40-29)41-30-20-39-44(12-10-25-7-8-25)31(30)21-42-13-15-46-16-14-42/h9,11,17-18,20,24-25H,7-8,10,12-16,21-23H2,1-6H3,(H,38,40,41)/t35-/m1/s1. The Hall–Kier alpha value is -3.57. The Balaban J connectivity index is 1.31. The maximum atomic E-state index is 11.7. The highest BCUT2D eigenvalue weighted by Gasteiger charge is 2.44. The van der Waals surface area contributed by atoms with E-state index in [0.29, 0.717) is 30.4 Å². The van der Waals surface area contributed by atoms with Crippen molar-refractivity contribution < 1.29 is 14.0 Å². The number of fused-ring (bicyclic) bond motifs is 1. The number of hydrogen-bond donors (Lipinski definition) is 1. The van der Waals surface area contributed by atoms with E-state index in [-0.39, 0.29) is 5.04 Å². The van der Waals surface area contributed by atoms with Gasteiger partial charge in [0.2, 0.25) is 5.95 Å². The summed E-state index contributed by atoms with van der Waals surface area (Å²) in [6.45, 7) is 19.3. The number of carbonyl (C=O) groups is 1. The second kappa shape index (κ2) is 13.7. The average molecular weight is 668 g/mol. The Morgan fingerprint density at radius 2 is 2.02 bits per heavy atom. The van der Waals surface area contributed by atoms with Gasteiger partial charge in [0.1, 0.15) is 12.3 Å². The topological polar surface area (TPSA) is 121 Å². The van der Waals surface area contributed by atoms with E-state index in [0.717, 1.165) is 86.1 Å². The van der Waals surface area contributed by atoms with E-state index in [1.54, 1.807) is 6.20 Å². The average Bonchev–Trinajstić information content (AvgIpc) is 3.76. The summed E-state index contributed by atoms with van der Waals surface area (Å²) in [4.78, 5) is 25.5. The van der Waals surface area contributed by atoms with Crippen molar-refractivity contribution in [2.45, 2.75) is 83.6 Å². The van der Waals surface area contributed by atoms with Gasteiger partial charge in [-0.1, -0.05) is 40.5 Å². The van der Waals surface area contributed by atoms with Gasteiger partial charge >= 0.3 is 7.41 Å². The van der Waals surface area contributed by atoms with E-state index < -0.39 is 13.7 Å². The lowest BCUT2D eigenvalue weighted by Gasteiger charge is -2.39. The van der Waals surface area contributed by atoms with Gasteiger partial charge in [0, 0.05) is 62.2 Å². The highest BCUT2D eigenvalue weighted by Crippen LogP contribution is 2.46. The van der Waals surface area contributed by atoms with Crippen molar-refractivity contribution in [2.24, 2.45) is 5.92 Å². The molecule has 1 atom stereocenters. The molecule has 1 radical (unpaired) electrons. The number of aryl methyl sites for hydroxylation is 1. The molecule has 0 amide bonds. The summed E-state index contributed by atoms with van der Waals surface area (Å²) in [5, 5.41) is 18.6. The Labute approximate surface area is 286 Å². The SMILES string of the molecule is CC(C)(C)[Si](C)(C)OC[C@@]1(C)CN([B]C=O)c2c(C#N)cc(-c3ccnc(Nc4cnn(CCC5CC5)c4CN4CCOCC4)n3)cc21. The van der Waals surface area contributed by atoms with E-state index in [1.807, 2.05) is 23.1 Å². The molecule has 48 heavy (non-hydrogen) atoms. The Morgan fingerprint density at radius 1 is 1.25 bits per heavy atom. The molecule has 1 N–H and O–H groups in total. The molecule has 4 heterocycles. The molecule has 2 aliphatic heterocycles. The zero-order valence-corrected chi connectivity index (χ0v) is 30.3. The predicted octanol–water partition coefficient (Wildman–Crippen LogP) is 5.50. The molecule has 11 nitrogen and oxygen atoms in total. The minimum absolute atomic E-state index is 0.0548. The van der Waals surface area contributed by atoms with E-state index >= 15 is 0 Å². The quantitative estimate of drug-likeness (QED) is 0.185. The number of anilines is 3. The van der Waals surface area contributed by atoms with Gasteiger partial charge in [-0.3, -0.25) is 9.58 Å². The zero-order valence-electron chi connectivity index (χ0n) is 29.3. The second-order valence-corrected chi connectivity index (χ2v) is 20.1. The molecule has 2 aromatic heterocycles. The normalized spacial score (nSPS) is 20.0. The molecule has 0 spiro atoms. The van der Waals surface area contributed by atoms with Crippen LogP contribution in [0.4, 0.5) is 17.3 Å². The lowest BCUT2D eigenvalue weighted by Crippen LogP contribution is -2.46. The van der Waals surface area contributed by atoms with Crippen LogP contribution < -0.4 is 10.1 Å². The van der Waals surface area contributed by atoms with Gasteiger partial charge in [-0.05, 0) is 54.2 Å². The Morgan fingerprint density at radius 3 is 2.71 bits per heavy atom. The molecule has 1 aliphatic carbocycles. The first-order chi connectivity index (χ1) is 22.9. The molecular formula is C35H48BN8O3Si. The number of morpholine rings is 1. The number of carbonyl (C=O) groups excluding carboxylic acids is 1. The number of aromatic nitrogens is 4. The second-order valence-electron chi connectivity index (χ2n) is 15.3. The van der Waals surface area contributed by atoms with Crippen molar-refractivity contribution in [1.82, 2.24) is 24.6 Å². The number of benzene rings is 1. The van der Waals surface area contributed by atoms with Crippen molar-refractivity contribution in [3.05, 3.63) is 47.4 Å². The van der Waals surface area contributed by atoms with E-state index in [4.69, 9.17) is 19.2 Å². The molecule has 13 heteroatoms. The van der Waals surface area contributed by atoms with Crippen LogP contribution in [0.5, 0.6) is 0 Å². The monoisotopic (exact) mass is 667 g/mol. The summed E-state index contributed by atoms with van der Waals surface area (Å²) in [5.41, 5.74) is 5.33. The molecule has 3 aromatic rings. The fraction of sp³-hybridized carbons (Fsp3) is 0.571. The molecule has 253 valence electrons. The van der Waals surface area contributed by atoms with Crippen LogP contribution in [0.25, 0.3) is 11.3 Å². The van der Waals surface area contributed by atoms with Crippen LogP contribution in [-0.2, 0) is 32.5 Å². The highest BCUT2D eigenvalue weighted by molar-refractivity contribution is 6.74. The minimum atomic E-state index is -2.06. The van der Waals surface area contributed by atoms with Crippen LogP contribution in [0.1, 0.15) is 63.8 Å². The lowest BCUT2D eigenvalue weighted by atomic mass is 9.83. The largest absolute Gasteiger partial charge is 0.416 e. The number of nitrogens with one attached hydrogen (secondary N) is 1. The third-order valence-corrected chi connectivity index (χ3v) is 15.0. The molecular weight excluding hydrogens is 619 g/mol. The number of ether oxygens (including phenoxy) is 1. The minimum Gasteiger partial charge on any atom is -0.416 e. The first kappa shape index (κ1) is 34.3. The fourth-order valence-corrected chi connectivity index (χ4v) is 7.43. The first-order valence-electron chi connectivity index (χ1n) is 17.1. The molecule has 0 unspecified atom stereocenters. The molecule has 1 saturated carbocycles. The van der Waals surface area contributed by atoms with Gasteiger partial charge in [0.15, 0.2) is 8.32 Å². The van der Waals surface area contributed by atoms with Crippen LogP contribution >= 0.6 is 0 Å². The zero-order chi connectivity index (χ0) is 34.1. The summed E-state index contributed by atoms with van der Waals surface area (Å²) in [7, 11) is -0.542. The number of nitrogens with zero attached hydrogens (tertiary/aromatic N) is 7. The lowest BCUT2D eigenvalue weighted by molar-refractivity contribution is 0.0331. The van der Waals surface area contributed by atoms with Crippen LogP contribution in [0.15, 0.2) is 30.6 Å². The fourth-order valence-electron chi connectivity index (χ4n) is 6.31. The van der Waals surface area contributed by atoms with Gasteiger partial charge in [-0.2, -0.15) is 10.4 Å². The maximum absolute atomic E-state index is 11.7. The summed E-state index contributed by atoms with van der Waals surface area (Å²) >= 11 is 0. The van der Waals surface area contributed by atoms with Gasteiger partial charge < -0.3 is 24.1 Å². The maximum Gasteiger partial charge on any atom is 0.329 e. The molecule has 1 aromatic carbocycles. The smallest absolute Gasteiger partial charge is 0.329 e. The van der Waals surface area contributed by atoms with Crippen molar-refractivity contribution in [3.8, 4) is 17.3 Å². The summed E-state index contributed by atoms with van der Waals surface area (Å²) in [6, 6.07) is 8.23. The van der Waals surface area contributed by atoms with Crippen molar-refractivity contribution in [1.29, 1.82) is 5.26 Å². The van der Waals surface area contributed by atoms with Crippen LogP contribution in [0, 0.1) is 17.2 Å². The van der Waals surface area contributed by atoms with E-state index in [2.05, 4.69) is 72.8 Å². The van der Waals surface area contributed by atoms with E-state index in [1.165, 1.54) is 20.3 Å². The van der Waals surface area contributed by atoms with Crippen LogP contribution in [0.3, 0.4) is 0 Å². The highest BCUT2D eigenvalue weighted by atomic mass is 28.4. The summed E-state index contributed by atoms with van der Waals surface area (Å²) < 4.78 is 14.5. The van der Waals surface area contributed by atoms with Crippen LogP contribution in [-0.4, -0.2) is 86.0 Å².